The third-order valence-electron chi connectivity index (χ3n) is 3.40. The SMILES string of the molecule is COc1ccccc1CC(=O)Nc1cnc(N(C)C)nc1N(C)C. The van der Waals surface area contributed by atoms with Crippen LogP contribution in [0.3, 0.4) is 0 Å². The number of carbonyl (C=O) groups excluding carboxylic acids is 1. The summed E-state index contributed by atoms with van der Waals surface area (Å²) < 4.78 is 5.28. The summed E-state index contributed by atoms with van der Waals surface area (Å²) >= 11 is 0. The molecule has 1 aromatic heterocycles. The number of carbonyl (C=O) groups is 1. The van der Waals surface area contributed by atoms with Crippen molar-refractivity contribution < 1.29 is 9.53 Å². The molecule has 0 aliphatic carbocycles. The number of para-hydroxylation sites is 1. The van der Waals surface area contributed by atoms with Crippen LogP contribution in [0.4, 0.5) is 17.5 Å². The van der Waals surface area contributed by atoms with Crippen LogP contribution in [0.5, 0.6) is 5.75 Å². The highest BCUT2D eigenvalue weighted by Gasteiger charge is 2.14. The molecule has 0 aliphatic rings. The van der Waals surface area contributed by atoms with Crippen LogP contribution in [0.25, 0.3) is 0 Å². The Morgan fingerprint density at radius 1 is 1.17 bits per heavy atom. The molecule has 2 rings (SSSR count). The van der Waals surface area contributed by atoms with Gasteiger partial charge < -0.3 is 19.9 Å². The molecule has 0 atom stereocenters. The van der Waals surface area contributed by atoms with Crippen molar-refractivity contribution in [2.45, 2.75) is 6.42 Å². The Kier molecular flexibility index (Phi) is 5.57. The summed E-state index contributed by atoms with van der Waals surface area (Å²) in [5, 5.41) is 2.88. The summed E-state index contributed by atoms with van der Waals surface area (Å²) in [5.41, 5.74) is 1.40. The summed E-state index contributed by atoms with van der Waals surface area (Å²) in [6.07, 6.45) is 1.84. The molecular formula is C17H23N5O2. The van der Waals surface area contributed by atoms with Gasteiger partial charge in [0.2, 0.25) is 11.9 Å². The van der Waals surface area contributed by atoms with Gasteiger partial charge in [-0.05, 0) is 6.07 Å². The van der Waals surface area contributed by atoms with Gasteiger partial charge in [0.15, 0.2) is 5.82 Å². The Labute approximate surface area is 142 Å². The van der Waals surface area contributed by atoms with Gasteiger partial charge in [-0.25, -0.2) is 4.98 Å². The first-order valence-corrected chi connectivity index (χ1v) is 7.55. The molecule has 0 bridgehead atoms. The van der Waals surface area contributed by atoms with E-state index in [0.29, 0.717) is 23.2 Å². The Morgan fingerprint density at radius 3 is 2.50 bits per heavy atom. The van der Waals surface area contributed by atoms with E-state index in [1.54, 1.807) is 13.3 Å². The van der Waals surface area contributed by atoms with Gasteiger partial charge in [0.05, 0.1) is 19.7 Å². The number of rotatable bonds is 6. The summed E-state index contributed by atoms with van der Waals surface area (Å²) in [7, 11) is 9.08. The first kappa shape index (κ1) is 17.5. The number of amides is 1. The number of methoxy groups -OCH3 is 1. The standard InChI is InChI=1S/C17H23N5O2/c1-21(2)16-13(11-18-17(20-16)22(3)4)19-15(23)10-12-8-6-7-9-14(12)24-5/h6-9,11H,10H2,1-5H3,(H,19,23). The lowest BCUT2D eigenvalue weighted by atomic mass is 10.1. The van der Waals surface area contributed by atoms with Crippen molar-refractivity contribution in [1.82, 2.24) is 9.97 Å². The molecular weight excluding hydrogens is 306 g/mol. The number of nitrogens with one attached hydrogen (secondary N) is 1. The van der Waals surface area contributed by atoms with E-state index in [0.717, 1.165) is 5.56 Å². The summed E-state index contributed by atoms with van der Waals surface area (Å²) in [5.74, 6) is 1.78. The lowest BCUT2D eigenvalue weighted by Crippen LogP contribution is -2.21. The molecule has 7 nitrogen and oxygen atoms in total. The molecule has 7 heteroatoms. The van der Waals surface area contributed by atoms with Crippen molar-refractivity contribution >= 4 is 23.4 Å². The van der Waals surface area contributed by atoms with Gasteiger partial charge >= 0.3 is 0 Å². The fourth-order valence-electron chi connectivity index (χ4n) is 2.22. The second kappa shape index (κ2) is 7.63. The second-order valence-electron chi connectivity index (χ2n) is 5.73. The molecule has 24 heavy (non-hydrogen) atoms. The molecule has 1 aromatic carbocycles. The monoisotopic (exact) mass is 329 g/mol. The first-order valence-electron chi connectivity index (χ1n) is 7.55. The molecule has 128 valence electrons. The van der Waals surface area contributed by atoms with Crippen molar-refractivity contribution in [2.24, 2.45) is 0 Å². The van der Waals surface area contributed by atoms with Crippen LogP contribution in [0.1, 0.15) is 5.56 Å². The van der Waals surface area contributed by atoms with E-state index in [4.69, 9.17) is 4.74 Å². The van der Waals surface area contributed by atoms with E-state index >= 15 is 0 Å². The summed E-state index contributed by atoms with van der Waals surface area (Å²) in [6, 6.07) is 7.46. The lowest BCUT2D eigenvalue weighted by molar-refractivity contribution is -0.115. The maximum Gasteiger partial charge on any atom is 0.229 e. The highest BCUT2D eigenvalue weighted by atomic mass is 16.5. The second-order valence-corrected chi connectivity index (χ2v) is 5.73. The van der Waals surface area contributed by atoms with E-state index in [2.05, 4.69) is 15.3 Å². The summed E-state index contributed by atoms with van der Waals surface area (Å²) in [6.45, 7) is 0. The molecule has 0 saturated carbocycles. The van der Waals surface area contributed by atoms with Crippen LogP contribution in [0.2, 0.25) is 0 Å². The largest absolute Gasteiger partial charge is 0.496 e. The average Bonchev–Trinajstić information content (AvgIpc) is 2.55. The molecule has 0 unspecified atom stereocenters. The fraction of sp³-hybridized carbons (Fsp3) is 0.353. The minimum absolute atomic E-state index is 0.149. The van der Waals surface area contributed by atoms with Crippen LogP contribution in [0.15, 0.2) is 30.5 Å². The predicted octanol–water partition coefficient (Wildman–Crippen LogP) is 1.80. The number of benzene rings is 1. The average molecular weight is 329 g/mol. The van der Waals surface area contributed by atoms with Gasteiger partial charge in [-0.15, -0.1) is 0 Å². The molecule has 1 N–H and O–H groups in total. The van der Waals surface area contributed by atoms with E-state index in [-0.39, 0.29) is 12.3 Å². The molecule has 0 spiro atoms. The van der Waals surface area contributed by atoms with Crippen molar-refractivity contribution in [3.8, 4) is 5.75 Å². The molecule has 0 aliphatic heterocycles. The van der Waals surface area contributed by atoms with Crippen molar-refractivity contribution in [2.75, 3.05) is 50.4 Å². The minimum Gasteiger partial charge on any atom is -0.496 e. The zero-order valence-electron chi connectivity index (χ0n) is 14.7. The Hall–Kier alpha value is -2.83. The number of hydrogen-bond acceptors (Lipinski definition) is 6. The van der Waals surface area contributed by atoms with Gasteiger partial charge in [-0.2, -0.15) is 4.98 Å². The van der Waals surface area contributed by atoms with Gasteiger partial charge in [-0.1, -0.05) is 18.2 Å². The van der Waals surface area contributed by atoms with E-state index in [1.165, 1.54) is 0 Å². The Morgan fingerprint density at radius 2 is 1.88 bits per heavy atom. The number of hydrogen-bond donors (Lipinski definition) is 1. The number of ether oxygens (including phenoxy) is 1. The lowest BCUT2D eigenvalue weighted by Gasteiger charge is -2.19. The fourth-order valence-corrected chi connectivity index (χ4v) is 2.22. The van der Waals surface area contributed by atoms with Crippen molar-refractivity contribution in [3.63, 3.8) is 0 Å². The molecule has 0 fully saturated rings. The van der Waals surface area contributed by atoms with Crippen molar-refractivity contribution in [1.29, 1.82) is 0 Å². The third kappa shape index (κ3) is 4.13. The summed E-state index contributed by atoms with van der Waals surface area (Å²) in [4.78, 5) is 24.8. The van der Waals surface area contributed by atoms with Gasteiger partial charge in [0.25, 0.3) is 0 Å². The first-order chi connectivity index (χ1) is 11.4. The maximum atomic E-state index is 12.4. The zero-order chi connectivity index (χ0) is 17.7. The molecule has 1 amide bonds. The van der Waals surface area contributed by atoms with Crippen LogP contribution < -0.4 is 19.9 Å². The van der Waals surface area contributed by atoms with E-state index < -0.39 is 0 Å². The van der Waals surface area contributed by atoms with Crippen LogP contribution in [-0.2, 0) is 11.2 Å². The minimum atomic E-state index is -0.149. The number of anilines is 3. The number of aromatic nitrogens is 2. The molecule has 0 saturated heterocycles. The zero-order valence-corrected chi connectivity index (χ0v) is 14.7. The highest BCUT2D eigenvalue weighted by Crippen LogP contribution is 2.24. The molecule has 1 heterocycles. The Balaban J connectivity index is 2.19. The van der Waals surface area contributed by atoms with Crippen LogP contribution >= 0.6 is 0 Å². The highest BCUT2D eigenvalue weighted by molar-refractivity contribution is 5.95. The molecule has 0 radical (unpaired) electrons. The van der Waals surface area contributed by atoms with Crippen LogP contribution in [-0.4, -0.2) is 51.2 Å². The Bertz CT molecular complexity index is 716. The van der Waals surface area contributed by atoms with Gasteiger partial charge in [0.1, 0.15) is 11.4 Å². The van der Waals surface area contributed by atoms with Gasteiger partial charge in [0, 0.05) is 33.8 Å². The topological polar surface area (TPSA) is 70.6 Å². The third-order valence-corrected chi connectivity index (χ3v) is 3.40. The van der Waals surface area contributed by atoms with E-state index in [1.807, 2.05) is 62.3 Å². The normalized spacial score (nSPS) is 10.2. The van der Waals surface area contributed by atoms with E-state index in [9.17, 15) is 4.79 Å². The molecule has 2 aromatic rings. The smallest absolute Gasteiger partial charge is 0.229 e. The maximum absolute atomic E-state index is 12.4. The van der Waals surface area contributed by atoms with Gasteiger partial charge in [-0.3, -0.25) is 4.79 Å². The number of nitrogens with zero attached hydrogens (tertiary/aromatic N) is 4. The van der Waals surface area contributed by atoms with Crippen molar-refractivity contribution in [3.05, 3.63) is 36.0 Å². The van der Waals surface area contributed by atoms with Crippen LogP contribution in [0, 0.1) is 0 Å². The quantitative estimate of drug-likeness (QED) is 0.871. The predicted molar refractivity (Wildman–Crippen MR) is 96.0 cm³/mol.